The van der Waals surface area contributed by atoms with Gasteiger partial charge in [-0.2, -0.15) is 0 Å². The van der Waals surface area contributed by atoms with Crippen LogP contribution < -0.4 is 5.32 Å². The number of para-hydroxylation sites is 1. The first-order valence-electron chi connectivity index (χ1n) is 5.69. The third kappa shape index (κ3) is 2.61. The first-order chi connectivity index (χ1) is 8.13. The lowest BCUT2D eigenvalue weighted by Gasteiger charge is -2.30. The van der Waals surface area contributed by atoms with E-state index in [2.05, 4.69) is 42.6 Å². The molecule has 1 aromatic rings. The maximum atomic E-state index is 10.7. The third-order valence-electron chi connectivity index (χ3n) is 2.98. The summed E-state index contributed by atoms with van der Waals surface area (Å²) in [7, 11) is 0. The maximum Gasteiger partial charge on any atom is 0.131 e. The van der Waals surface area contributed by atoms with Gasteiger partial charge in [-0.3, -0.25) is 0 Å². The standard InChI is InChI=1S/C14H16N2O/c1-11-7-9-14(2,10-8-11)15-12-5-3-4-6-13(12)16-17/h3-9,15H,10H2,1-2H3. The van der Waals surface area contributed by atoms with Crippen molar-refractivity contribution < 1.29 is 0 Å². The SMILES string of the molecule is CC1=CCC(C)(Nc2ccccc2N=O)C=C1. The van der Waals surface area contributed by atoms with Crippen molar-refractivity contribution in [2.75, 3.05) is 5.32 Å². The van der Waals surface area contributed by atoms with Crippen LogP contribution in [0.4, 0.5) is 11.4 Å². The second-order valence-electron chi connectivity index (χ2n) is 4.64. The number of nitrogens with one attached hydrogen (secondary N) is 1. The first-order valence-corrected chi connectivity index (χ1v) is 5.69. The fourth-order valence-corrected chi connectivity index (χ4v) is 1.88. The topological polar surface area (TPSA) is 41.5 Å². The summed E-state index contributed by atoms with van der Waals surface area (Å²) in [5.41, 5.74) is 2.35. The van der Waals surface area contributed by atoms with Gasteiger partial charge in [0.2, 0.25) is 0 Å². The van der Waals surface area contributed by atoms with Gasteiger partial charge in [0.05, 0.1) is 11.2 Å². The number of nitroso groups, excluding NO2 is 1. The van der Waals surface area contributed by atoms with Crippen LogP contribution in [-0.2, 0) is 0 Å². The highest BCUT2D eigenvalue weighted by Crippen LogP contribution is 2.30. The molecule has 1 atom stereocenters. The smallest absolute Gasteiger partial charge is 0.131 e. The van der Waals surface area contributed by atoms with Crippen molar-refractivity contribution in [1.82, 2.24) is 0 Å². The lowest BCUT2D eigenvalue weighted by atomic mass is 9.90. The number of hydrogen-bond donors (Lipinski definition) is 1. The van der Waals surface area contributed by atoms with Crippen molar-refractivity contribution in [2.45, 2.75) is 25.8 Å². The van der Waals surface area contributed by atoms with Crippen molar-refractivity contribution in [2.24, 2.45) is 5.18 Å². The van der Waals surface area contributed by atoms with E-state index < -0.39 is 0 Å². The zero-order chi connectivity index (χ0) is 12.3. The lowest BCUT2D eigenvalue weighted by Crippen LogP contribution is -2.33. The molecule has 17 heavy (non-hydrogen) atoms. The van der Waals surface area contributed by atoms with Crippen LogP contribution in [0.25, 0.3) is 0 Å². The first kappa shape index (κ1) is 11.6. The molecule has 0 radical (unpaired) electrons. The number of allylic oxidation sites excluding steroid dienone is 2. The number of anilines is 1. The molecular formula is C14H16N2O. The Balaban J connectivity index is 2.21. The van der Waals surface area contributed by atoms with Crippen LogP contribution in [0, 0.1) is 4.91 Å². The zero-order valence-corrected chi connectivity index (χ0v) is 10.1. The minimum atomic E-state index is -0.152. The van der Waals surface area contributed by atoms with Crippen molar-refractivity contribution in [3.8, 4) is 0 Å². The van der Waals surface area contributed by atoms with E-state index in [1.54, 1.807) is 6.07 Å². The Morgan fingerprint density at radius 1 is 1.35 bits per heavy atom. The Labute approximate surface area is 101 Å². The van der Waals surface area contributed by atoms with Crippen LogP contribution in [0.5, 0.6) is 0 Å². The molecule has 2 rings (SSSR count). The molecule has 0 heterocycles. The van der Waals surface area contributed by atoms with Crippen molar-refractivity contribution in [1.29, 1.82) is 0 Å². The molecule has 0 spiro atoms. The van der Waals surface area contributed by atoms with E-state index in [-0.39, 0.29) is 5.54 Å². The highest BCUT2D eigenvalue weighted by Gasteiger charge is 2.22. The molecule has 0 aliphatic heterocycles. The van der Waals surface area contributed by atoms with Gasteiger partial charge in [0.15, 0.2) is 0 Å². The normalized spacial score (nSPS) is 23.1. The van der Waals surface area contributed by atoms with Gasteiger partial charge in [-0.15, -0.1) is 4.91 Å². The van der Waals surface area contributed by atoms with Crippen molar-refractivity contribution >= 4 is 11.4 Å². The Morgan fingerprint density at radius 3 is 2.76 bits per heavy atom. The molecule has 3 heteroatoms. The highest BCUT2D eigenvalue weighted by atomic mass is 16.3. The van der Waals surface area contributed by atoms with E-state index in [1.807, 2.05) is 18.2 Å². The molecule has 0 amide bonds. The summed E-state index contributed by atoms with van der Waals surface area (Å²) in [6.07, 6.45) is 7.31. The molecule has 1 unspecified atom stereocenters. The predicted molar refractivity (Wildman–Crippen MR) is 71.4 cm³/mol. The number of hydrogen-bond acceptors (Lipinski definition) is 3. The Kier molecular flexibility index (Phi) is 3.09. The molecule has 1 aromatic carbocycles. The van der Waals surface area contributed by atoms with Crippen LogP contribution in [-0.4, -0.2) is 5.54 Å². The fraction of sp³-hybridized carbons (Fsp3) is 0.286. The van der Waals surface area contributed by atoms with Gasteiger partial charge in [0.25, 0.3) is 0 Å². The monoisotopic (exact) mass is 228 g/mol. The average molecular weight is 228 g/mol. The van der Waals surface area contributed by atoms with Crippen LogP contribution in [0.15, 0.2) is 53.2 Å². The van der Waals surface area contributed by atoms with Gasteiger partial charge < -0.3 is 5.32 Å². The summed E-state index contributed by atoms with van der Waals surface area (Å²) < 4.78 is 0. The summed E-state index contributed by atoms with van der Waals surface area (Å²) in [4.78, 5) is 10.7. The number of nitrogens with zero attached hydrogens (tertiary/aromatic N) is 1. The highest BCUT2D eigenvalue weighted by molar-refractivity contribution is 5.66. The summed E-state index contributed by atoms with van der Waals surface area (Å²) in [6, 6.07) is 7.30. The van der Waals surface area contributed by atoms with Gasteiger partial charge in [-0.25, -0.2) is 0 Å². The molecule has 0 aromatic heterocycles. The Bertz CT molecular complexity index is 491. The molecule has 88 valence electrons. The minimum Gasteiger partial charge on any atom is -0.374 e. The summed E-state index contributed by atoms with van der Waals surface area (Å²) >= 11 is 0. The van der Waals surface area contributed by atoms with E-state index in [0.717, 1.165) is 12.1 Å². The quantitative estimate of drug-likeness (QED) is 0.789. The molecule has 0 bridgehead atoms. The number of rotatable bonds is 3. The van der Waals surface area contributed by atoms with E-state index in [4.69, 9.17) is 0 Å². The molecular weight excluding hydrogens is 212 g/mol. The molecule has 1 aliphatic rings. The molecule has 3 nitrogen and oxygen atoms in total. The second kappa shape index (κ2) is 4.53. The predicted octanol–water partition coefficient (Wildman–Crippen LogP) is 4.16. The molecule has 0 fully saturated rings. The maximum absolute atomic E-state index is 10.7. The molecule has 0 saturated heterocycles. The lowest BCUT2D eigenvalue weighted by molar-refractivity contribution is 0.637. The van der Waals surface area contributed by atoms with Crippen LogP contribution in [0.2, 0.25) is 0 Å². The Hall–Kier alpha value is -1.90. The van der Waals surface area contributed by atoms with Crippen LogP contribution in [0.1, 0.15) is 20.3 Å². The number of benzene rings is 1. The van der Waals surface area contributed by atoms with Gasteiger partial charge in [-0.05, 0) is 37.6 Å². The summed E-state index contributed by atoms with van der Waals surface area (Å²) in [6.45, 7) is 4.19. The summed E-state index contributed by atoms with van der Waals surface area (Å²) in [5, 5.41) is 6.40. The van der Waals surface area contributed by atoms with Crippen LogP contribution in [0.3, 0.4) is 0 Å². The van der Waals surface area contributed by atoms with Gasteiger partial charge in [-0.1, -0.05) is 35.9 Å². The van der Waals surface area contributed by atoms with E-state index in [9.17, 15) is 4.91 Å². The van der Waals surface area contributed by atoms with Gasteiger partial charge in [0.1, 0.15) is 5.69 Å². The zero-order valence-electron chi connectivity index (χ0n) is 10.1. The largest absolute Gasteiger partial charge is 0.374 e. The third-order valence-corrected chi connectivity index (χ3v) is 2.98. The van der Waals surface area contributed by atoms with E-state index in [1.165, 1.54) is 5.57 Å². The molecule has 1 N–H and O–H groups in total. The van der Waals surface area contributed by atoms with Crippen LogP contribution >= 0.6 is 0 Å². The van der Waals surface area contributed by atoms with Gasteiger partial charge >= 0.3 is 0 Å². The van der Waals surface area contributed by atoms with E-state index in [0.29, 0.717) is 5.69 Å². The second-order valence-corrected chi connectivity index (χ2v) is 4.64. The van der Waals surface area contributed by atoms with Crippen molar-refractivity contribution in [3.05, 3.63) is 53.0 Å². The summed E-state index contributed by atoms with van der Waals surface area (Å²) in [5.74, 6) is 0. The minimum absolute atomic E-state index is 0.152. The Morgan fingerprint density at radius 2 is 2.12 bits per heavy atom. The van der Waals surface area contributed by atoms with Gasteiger partial charge in [0, 0.05) is 0 Å². The molecule has 0 saturated carbocycles. The average Bonchev–Trinajstić information content (AvgIpc) is 2.34. The molecule has 1 aliphatic carbocycles. The fourth-order valence-electron chi connectivity index (χ4n) is 1.88. The van der Waals surface area contributed by atoms with Crippen molar-refractivity contribution in [3.63, 3.8) is 0 Å². The van der Waals surface area contributed by atoms with E-state index >= 15 is 0 Å².